The summed E-state index contributed by atoms with van der Waals surface area (Å²) in [6.45, 7) is 5.98. The van der Waals surface area contributed by atoms with E-state index in [0.29, 0.717) is 12.5 Å². The molecule has 1 amide bonds. The average Bonchev–Trinajstić information content (AvgIpc) is 3.09. The van der Waals surface area contributed by atoms with Crippen LogP contribution in [0.3, 0.4) is 0 Å². The number of benzene rings is 1. The third-order valence-electron chi connectivity index (χ3n) is 5.72. The van der Waals surface area contributed by atoms with Crippen LogP contribution >= 0.6 is 0 Å². The van der Waals surface area contributed by atoms with Crippen LogP contribution in [0.15, 0.2) is 24.3 Å². The third-order valence-corrected chi connectivity index (χ3v) is 5.72. The molecule has 1 aromatic rings. The first-order valence-corrected chi connectivity index (χ1v) is 9.33. The molecule has 5 nitrogen and oxygen atoms in total. The van der Waals surface area contributed by atoms with E-state index < -0.39 is 0 Å². The minimum absolute atomic E-state index is 0.112. The monoisotopic (exact) mass is 348 g/mol. The Bertz CT molecular complexity index is 571. The van der Waals surface area contributed by atoms with E-state index in [0.717, 1.165) is 51.1 Å². The van der Waals surface area contributed by atoms with E-state index in [2.05, 4.69) is 15.1 Å². The van der Waals surface area contributed by atoms with Gasteiger partial charge in [-0.1, -0.05) is 6.42 Å². The number of carbonyl (C=O) groups is 1. The molecular formula is C19H29FN4O. The highest BCUT2D eigenvalue weighted by molar-refractivity contribution is 5.81. The zero-order valence-corrected chi connectivity index (χ0v) is 15.0. The number of hydrogen-bond acceptors (Lipinski definition) is 4. The van der Waals surface area contributed by atoms with E-state index in [1.165, 1.54) is 12.1 Å². The summed E-state index contributed by atoms with van der Waals surface area (Å²) in [4.78, 5) is 17.1. The quantitative estimate of drug-likeness (QED) is 0.848. The summed E-state index contributed by atoms with van der Waals surface area (Å²) in [6.07, 6.45) is 3.31. The number of amides is 1. The van der Waals surface area contributed by atoms with Crippen LogP contribution in [0.2, 0.25) is 0 Å². The van der Waals surface area contributed by atoms with Crippen LogP contribution in [0.25, 0.3) is 0 Å². The van der Waals surface area contributed by atoms with Crippen LogP contribution in [-0.2, 0) is 4.79 Å². The summed E-state index contributed by atoms with van der Waals surface area (Å²) in [7, 11) is 0. The van der Waals surface area contributed by atoms with Gasteiger partial charge in [-0.3, -0.25) is 9.69 Å². The molecule has 3 unspecified atom stereocenters. The number of anilines is 1. The van der Waals surface area contributed by atoms with E-state index in [4.69, 9.17) is 5.73 Å². The Morgan fingerprint density at radius 2 is 1.92 bits per heavy atom. The number of hydrogen-bond donors (Lipinski definition) is 2. The van der Waals surface area contributed by atoms with Crippen molar-refractivity contribution in [2.75, 3.05) is 37.6 Å². The van der Waals surface area contributed by atoms with Crippen molar-refractivity contribution in [3.05, 3.63) is 30.1 Å². The molecule has 6 heteroatoms. The lowest BCUT2D eigenvalue weighted by molar-refractivity contribution is -0.127. The fraction of sp³-hybridized carbons (Fsp3) is 0.632. The van der Waals surface area contributed by atoms with Gasteiger partial charge in [-0.15, -0.1) is 0 Å². The van der Waals surface area contributed by atoms with Crippen molar-refractivity contribution in [3.63, 3.8) is 0 Å². The molecule has 1 heterocycles. The topological polar surface area (TPSA) is 61.6 Å². The molecule has 25 heavy (non-hydrogen) atoms. The predicted octanol–water partition coefficient (Wildman–Crippen LogP) is 1.58. The van der Waals surface area contributed by atoms with Crippen LogP contribution in [0.1, 0.15) is 26.2 Å². The summed E-state index contributed by atoms with van der Waals surface area (Å²) in [5.74, 6) is 0.322. The Labute approximate surface area is 149 Å². The average molecular weight is 348 g/mol. The zero-order valence-electron chi connectivity index (χ0n) is 15.0. The van der Waals surface area contributed by atoms with Gasteiger partial charge in [0.05, 0.1) is 6.04 Å². The van der Waals surface area contributed by atoms with Crippen molar-refractivity contribution >= 4 is 11.6 Å². The van der Waals surface area contributed by atoms with E-state index in [1.54, 1.807) is 0 Å². The number of nitrogens with zero attached hydrogens (tertiary/aromatic N) is 2. The second-order valence-corrected chi connectivity index (χ2v) is 7.22. The largest absolute Gasteiger partial charge is 0.369 e. The standard InChI is InChI=1S/C19H29FN4O/c1-14(19(25)22-18-4-2-3-15(18)13-21)23-9-11-24(12-10-23)17-7-5-16(20)6-8-17/h5-8,14-15,18H,2-4,9-13,21H2,1H3,(H,22,25). The number of halogens is 1. The van der Waals surface area contributed by atoms with Gasteiger partial charge >= 0.3 is 0 Å². The third kappa shape index (κ3) is 4.30. The Balaban J connectivity index is 1.50. The lowest BCUT2D eigenvalue weighted by Gasteiger charge is -2.39. The first-order valence-electron chi connectivity index (χ1n) is 9.33. The van der Waals surface area contributed by atoms with Gasteiger partial charge in [0.2, 0.25) is 5.91 Å². The number of piperazine rings is 1. The number of carbonyl (C=O) groups excluding carboxylic acids is 1. The highest BCUT2D eigenvalue weighted by Crippen LogP contribution is 2.25. The zero-order chi connectivity index (χ0) is 17.8. The lowest BCUT2D eigenvalue weighted by Crippen LogP contribution is -2.55. The van der Waals surface area contributed by atoms with Crippen LogP contribution in [0.4, 0.5) is 10.1 Å². The molecule has 3 rings (SSSR count). The van der Waals surface area contributed by atoms with Crippen LogP contribution in [0.5, 0.6) is 0 Å². The van der Waals surface area contributed by atoms with Gasteiger partial charge < -0.3 is 16.0 Å². The van der Waals surface area contributed by atoms with Crippen LogP contribution in [0, 0.1) is 11.7 Å². The molecule has 138 valence electrons. The maximum Gasteiger partial charge on any atom is 0.237 e. The maximum absolute atomic E-state index is 13.1. The molecule has 1 saturated heterocycles. The van der Waals surface area contributed by atoms with Gasteiger partial charge in [0.1, 0.15) is 5.82 Å². The molecular weight excluding hydrogens is 319 g/mol. The summed E-state index contributed by atoms with van der Waals surface area (Å²) >= 11 is 0. The SMILES string of the molecule is CC(C(=O)NC1CCCC1CN)N1CCN(c2ccc(F)cc2)CC1. The fourth-order valence-corrected chi connectivity index (χ4v) is 4.00. The fourth-order valence-electron chi connectivity index (χ4n) is 4.00. The predicted molar refractivity (Wildman–Crippen MR) is 98.0 cm³/mol. The van der Waals surface area contributed by atoms with Crippen LogP contribution < -0.4 is 16.0 Å². The number of rotatable bonds is 5. The van der Waals surface area contributed by atoms with Crippen LogP contribution in [-0.4, -0.2) is 55.6 Å². The molecule has 1 aliphatic carbocycles. The minimum Gasteiger partial charge on any atom is -0.369 e. The van der Waals surface area contributed by atoms with Crippen molar-refractivity contribution in [1.29, 1.82) is 0 Å². The molecule has 1 saturated carbocycles. The molecule has 0 radical (unpaired) electrons. The van der Waals surface area contributed by atoms with Crippen molar-refractivity contribution < 1.29 is 9.18 Å². The van der Waals surface area contributed by atoms with E-state index in [9.17, 15) is 9.18 Å². The number of nitrogens with two attached hydrogens (primary N) is 1. The second kappa shape index (κ2) is 8.15. The molecule has 1 aliphatic heterocycles. The van der Waals surface area contributed by atoms with Gasteiger partial charge in [0.15, 0.2) is 0 Å². The normalized spacial score (nSPS) is 25.8. The molecule has 0 spiro atoms. The second-order valence-electron chi connectivity index (χ2n) is 7.22. The van der Waals surface area contributed by atoms with Gasteiger partial charge in [-0.05, 0) is 56.5 Å². The minimum atomic E-state index is -0.213. The highest BCUT2D eigenvalue weighted by Gasteiger charge is 2.31. The van der Waals surface area contributed by atoms with Gasteiger partial charge in [-0.2, -0.15) is 0 Å². The Morgan fingerprint density at radius 1 is 1.24 bits per heavy atom. The molecule has 3 atom stereocenters. The number of nitrogens with one attached hydrogen (secondary N) is 1. The summed E-state index contributed by atoms with van der Waals surface area (Å²) < 4.78 is 13.1. The molecule has 3 N–H and O–H groups in total. The van der Waals surface area contributed by atoms with Gasteiger partial charge in [-0.25, -0.2) is 4.39 Å². The van der Waals surface area contributed by atoms with E-state index in [1.807, 2.05) is 19.1 Å². The first kappa shape index (κ1) is 18.1. The molecule has 0 bridgehead atoms. The molecule has 1 aromatic carbocycles. The summed E-state index contributed by atoms with van der Waals surface area (Å²) in [5.41, 5.74) is 6.84. The molecule has 2 fully saturated rings. The van der Waals surface area contributed by atoms with E-state index >= 15 is 0 Å². The molecule has 0 aromatic heterocycles. The Kier molecular flexibility index (Phi) is 5.91. The first-order chi connectivity index (χ1) is 12.1. The summed E-state index contributed by atoms with van der Waals surface area (Å²) in [5, 5.41) is 3.21. The smallest absolute Gasteiger partial charge is 0.237 e. The van der Waals surface area contributed by atoms with Gasteiger partial charge in [0.25, 0.3) is 0 Å². The summed E-state index contributed by atoms with van der Waals surface area (Å²) in [6, 6.07) is 6.72. The van der Waals surface area contributed by atoms with Crippen molar-refractivity contribution in [3.8, 4) is 0 Å². The lowest BCUT2D eigenvalue weighted by atomic mass is 10.0. The molecule has 2 aliphatic rings. The van der Waals surface area contributed by atoms with Crippen molar-refractivity contribution in [1.82, 2.24) is 10.2 Å². The maximum atomic E-state index is 13.1. The highest BCUT2D eigenvalue weighted by atomic mass is 19.1. The Morgan fingerprint density at radius 3 is 2.56 bits per heavy atom. The van der Waals surface area contributed by atoms with Crippen molar-refractivity contribution in [2.45, 2.75) is 38.3 Å². The van der Waals surface area contributed by atoms with Gasteiger partial charge in [0, 0.05) is 37.9 Å². The van der Waals surface area contributed by atoms with E-state index in [-0.39, 0.29) is 23.8 Å². The Hall–Kier alpha value is -1.66. The van der Waals surface area contributed by atoms with Crippen molar-refractivity contribution in [2.24, 2.45) is 11.7 Å².